The van der Waals surface area contributed by atoms with Crippen LogP contribution < -0.4 is 0 Å². The van der Waals surface area contributed by atoms with E-state index in [-0.39, 0.29) is 5.69 Å². The van der Waals surface area contributed by atoms with Gasteiger partial charge in [-0.05, 0) is 5.56 Å². The minimum absolute atomic E-state index is 0.126. The molecule has 1 aromatic rings. The van der Waals surface area contributed by atoms with Gasteiger partial charge in [0, 0.05) is 23.1 Å². The Morgan fingerprint density at radius 3 is 2.46 bits per heavy atom. The Hall–Kier alpha value is -0.680. The van der Waals surface area contributed by atoms with Gasteiger partial charge in [0.05, 0.1) is 4.92 Å². The summed E-state index contributed by atoms with van der Waals surface area (Å²) in [7, 11) is 0. The van der Waals surface area contributed by atoms with Crippen molar-refractivity contribution in [3.63, 3.8) is 0 Å². The molecule has 13 heavy (non-hydrogen) atoms. The fraction of sp³-hybridized carbons (Fsp3) is 0.250. The van der Waals surface area contributed by atoms with Gasteiger partial charge in [0.15, 0.2) is 0 Å². The average molecular weight is 215 g/mol. The number of nitro groups is 1. The number of hydrogen-bond acceptors (Lipinski definition) is 4. The van der Waals surface area contributed by atoms with Crippen molar-refractivity contribution in [1.29, 1.82) is 0 Å². The maximum Gasteiger partial charge on any atom is 0.273 e. The topological polar surface area (TPSA) is 43.1 Å². The standard InChI is InChI=1S/C8H9NO2S2/c10-9(11)8-3-1-2-6(4-12)7(8)5-13/h1-3,12-13H,4-5H2. The summed E-state index contributed by atoms with van der Waals surface area (Å²) in [6, 6.07) is 4.97. The third-order valence-corrected chi connectivity index (χ3v) is 2.43. The summed E-state index contributed by atoms with van der Waals surface area (Å²) >= 11 is 8.15. The first-order valence-corrected chi connectivity index (χ1v) is 4.94. The van der Waals surface area contributed by atoms with E-state index in [2.05, 4.69) is 25.3 Å². The first kappa shape index (κ1) is 10.4. The second-order valence-electron chi connectivity index (χ2n) is 2.49. The van der Waals surface area contributed by atoms with Crippen LogP contribution in [-0.2, 0) is 11.5 Å². The summed E-state index contributed by atoms with van der Waals surface area (Å²) in [6.45, 7) is 0. The number of thiol groups is 2. The Kier molecular flexibility index (Phi) is 3.62. The van der Waals surface area contributed by atoms with Crippen molar-refractivity contribution < 1.29 is 4.92 Å². The van der Waals surface area contributed by atoms with E-state index in [4.69, 9.17) is 0 Å². The molecule has 0 aliphatic carbocycles. The molecule has 1 rings (SSSR count). The highest BCUT2D eigenvalue weighted by molar-refractivity contribution is 7.79. The molecule has 0 amide bonds. The molecule has 5 heteroatoms. The van der Waals surface area contributed by atoms with Crippen LogP contribution >= 0.6 is 25.3 Å². The van der Waals surface area contributed by atoms with E-state index in [9.17, 15) is 10.1 Å². The van der Waals surface area contributed by atoms with Crippen LogP contribution in [0.2, 0.25) is 0 Å². The first-order valence-electron chi connectivity index (χ1n) is 3.67. The first-order chi connectivity index (χ1) is 6.20. The van der Waals surface area contributed by atoms with E-state index in [1.165, 1.54) is 6.07 Å². The third kappa shape index (κ3) is 2.16. The Morgan fingerprint density at radius 1 is 1.31 bits per heavy atom. The van der Waals surface area contributed by atoms with Gasteiger partial charge >= 0.3 is 0 Å². The fourth-order valence-corrected chi connectivity index (χ4v) is 1.78. The third-order valence-electron chi connectivity index (χ3n) is 1.77. The minimum atomic E-state index is -0.390. The normalized spacial score (nSPS) is 10.0. The van der Waals surface area contributed by atoms with Gasteiger partial charge in [-0.25, -0.2) is 0 Å². The summed E-state index contributed by atoms with van der Waals surface area (Å²) in [4.78, 5) is 10.2. The predicted molar refractivity (Wildman–Crippen MR) is 58.5 cm³/mol. The quantitative estimate of drug-likeness (QED) is 0.462. The van der Waals surface area contributed by atoms with Crippen LogP contribution in [0.15, 0.2) is 18.2 Å². The fourth-order valence-electron chi connectivity index (χ4n) is 1.12. The zero-order chi connectivity index (χ0) is 9.84. The zero-order valence-electron chi connectivity index (χ0n) is 6.80. The summed E-state index contributed by atoms with van der Waals surface area (Å²) in [5.74, 6) is 0.866. The van der Waals surface area contributed by atoms with Crippen molar-refractivity contribution >= 4 is 30.9 Å². The van der Waals surface area contributed by atoms with Crippen LogP contribution in [0.25, 0.3) is 0 Å². The maximum absolute atomic E-state index is 10.6. The molecule has 0 aliphatic heterocycles. The molecular weight excluding hydrogens is 206 g/mol. The van der Waals surface area contributed by atoms with Gasteiger partial charge in [0.25, 0.3) is 5.69 Å². The zero-order valence-corrected chi connectivity index (χ0v) is 8.59. The molecule has 0 N–H and O–H groups in total. The molecule has 0 atom stereocenters. The van der Waals surface area contributed by atoms with E-state index in [1.807, 2.05) is 6.07 Å². The second-order valence-corrected chi connectivity index (χ2v) is 3.12. The summed E-state index contributed by atoms with van der Waals surface area (Å²) in [5.41, 5.74) is 1.65. The van der Waals surface area contributed by atoms with E-state index >= 15 is 0 Å². The number of benzene rings is 1. The molecule has 3 nitrogen and oxygen atoms in total. The highest BCUT2D eigenvalue weighted by atomic mass is 32.1. The van der Waals surface area contributed by atoms with Crippen LogP contribution in [0.3, 0.4) is 0 Å². The lowest BCUT2D eigenvalue weighted by Crippen LogP contribution is -1.97. The molecule has 0 aliphatic rings. The van der Waals surface area contributed by atoms with Gasteiger partial charge in [-0.2, -0.15) is 25.3 Å². The number of nitrogens with zero attached hydrogens (tertiary/aromatic N) is 1. The van der Waals surface area contributed by atoms with Gasteiger partial charge in [0.2, 0.25) is 0 Å². The second kappa shape index (κ2) is 4.53. The van der Waals surface area contributed by atoms with Gasteiger partial charge < -0.3 is 0 Å². The largest absolute Gasteiger partial charge is 0.273 e. The number of nitro benzene ring substituents is 1. The maximum atomic E-state index is 10.6. The molecule has 0 heterocycles. The van der Waals surface area contributed by atoms with Crippen molar-refractivity contribution in [3.05, 3.63) is 39.4 Å². The molecule has 0 saturated heterocycles. The SMILES string of the molecule is O=[N+]([O-])c1cccc(CS)c1CS. The molecule has 0 saturated carbocycles. The van der Waals surface area contributed by atoms with Gasteiger partial charge in [-0.3, -0.25) is 10.1 Å². The lowest BCUT2D eigenvalue weighted by atomic mass is 10.1. The molecular formula is C8H9NO2S2. The van der Waals surface area contributed by atoms with Crippen molar-refractivity contribution in [2.24, 2.45) is 0 Å². The predicted octanol–water partition coefficient (Wildman–Crippen LogP) is 2.45. The van der Waals surface area contributed by atoms with E-state index in [0.29, 0.717) is 17.1 Å². The van der Waals surface area contributed by atoms with Gasteiger partial charge in [-0.15, -0.1) is 0 Å². The van der Waals surface area contributed by atoms with Crippen LogP contribution in [-0.4, -0.2) is 4.92 Å². The molecule has 1 aromatic carbocycles. The summed E-state index contributed by atoms with van der Waals surface area (Å²) < 4.78 is 0. The van der Waals surface area contributed by atoms with Gasteiger partial charge in [0.1, 0.15) is 0 Å². The Morgan fingerprint density at radius 2 is 2.00 bits per heavy atom. The van der Waals surface area contributed by atoms with E-state index < -0.39 is 4.92 Å². The van der Waals surface area contributed by atoms with Crippen LogP contribution in [0, 0.1) is 10.1 Å². The Balaban J connectivity index is 3.27. The van der Waals surface area contributed by atoms with E-state index in [0.717, 1.165) is 5.56 Å². The van der Waals surface area contributed by atoms with Crippen molar-refractivity contribution in [2.45, 2.75) is 11.5 Å². The minimum Gasteiger partial charge on any atom is -0.258 e. The molecule has 0 bridgehead atoms. The van der Waals surface area contributed by atoms with Crippen molar-refractivity contribution in [3.8, 4) is 0 Å². The molecule has 0 aromatic heterocycles. The Labute approximate surface area is 87.1 Å². The average Bonchev–Trinajstić information content (AvgIpc) is 2.16. The van der Waals surface area contributed by atoms with E-state index in [1.54, 1.807) is 6.07 Å². The highest BCUT2D eigenvalue weighted by Gasteiger charge is 2.14. The molecule has 0 unspecified atom stereocenters. The molecule has 0 fully saturated rings. The lowest BCUT2D eigenvalue weighted by molar-refractivity contribution is -0.385. The van der Waals surface area contributed by atoms with Crippen LogP contribution in [0.5, 0.6) is 0 Å². The molecule has 0 radical (unpaired) electrons. The smallest absolute Gasteiger partial charge is 0.258 e. The number of hydrogen-bond donors (Lipinski definition) is 2. The lowest BCUT2D eigenvalue weighted by Gasteiger charge is -2.04. The highest BCUT2D eigenvalue weighted by Crippen LogP contribution is 2.24. The monoisotopic (exact) mass is 215 g/mol. The van der Waals surface area contributed by atoms with Crippen molar-refractivity contribution in [1.82, 2.24) is 0 Å². The summed E-state index contributed by atoms with van der Waals surface area (Å²) in [6.07, 6.45) is 0. The number of rotatable bonds is 3. The molecule has 70 valence electrons. The van der Waals surface area contributed by atoms with Crippen molar-refractivity contribution in [2.75, 3.05) is 0 Å². The van der Waals surface area contributed by atoms with Gasteiger partial charge in [-0.1, -0.05) is 12.1 Å². The Bertz CT molecular complexity index is 328. The van der Waals surface area contributed by atoms with Crippen LogP contribution in [0.4, 0.5) is 5.69 Å². The molecule has 0 spiro atoms. The summed E-state index contributed by atoms with van der Waals surface area (Å²) in [5, 5.41) is 10.6. The van der Waals surface area contributed by atoms with Crippen LogP contribution in [0.1, 0.15) is 11.1 Å².